The van der Waals surface area contributed by atoms with E-state index in [1.165, 1.54) is 4.90 Å². The van der Waals surface area contributed by atoms with Gasteiger partial charge in [-0.15, -0.1) is 0 Å². The Kier molecular flexibility index (Phi) is 5.21. The van der Waals surface area contributed by atoms with Crippen LogP contribution in [0.1, 0.15) is 42.5 Å². The van der Waals surface area contributed by atoms with Gasteiger partial charge in [0.05, 0.1) is 18.2 Å². The Labute approximate surface area is 163 Å². The number of carbonyl (C=O) groups excluding carboxylic acids is 3. The van der Waals surface area contributed by atoms with E-state index in [-0.39, 0.29) is 36.8 Å². The van der Waals surface area contributed by atoms with Crippen LogP contribution in [-0.4, -0.2) is 60.7 Å². The quantitative estimate of drug-likeness (QED) is 0.797. The summed E-state index contributed by atoms with van der Waals surface area (Å²) in [6.45, 7) is 1.56. The highest BCUT2D eigenvalue weighted by molar-refractivity contribution is 5.98. The molecule has 8 heteroatoms. The van der Waals surface area contributed by atoms with Crippen LogP contribution in [0.25, 0.3) is 0 Å². The van der Waals surface area contributed by atoms with Gasteiger partial charge in [0, 0.05) is 39.0 Å². The average molecular weight is 387 g/mol. The molecule has 3 aliphatic heterocycles. The zero-order chi connectivity index (χ0) is 19.6. The second-order valence-electron chi connectivity index (χ2n) is 7.55. The first-order valence-electron chi connectivity index (χ1n) is 9.81. The number of nitrogens with one attached hydrogen (secondary N) is 2. The van der Waals surface area contributed by atoms with Gasteiger partial charge in [0.25, 0.3) is 5.91 Å². The maximum atomic E-state index is 12.5. The van der Waals surface area contributed by atoms with E-state index in [4.69, 9.17) is 9.47 Å². The van der Waals surface area contributed by atoms with Crippen LogP contribution in [0.2, 0.25) is 0 Å². The Morgan fingerprint density at radius 3 is 2.96 bits per heavy atom. The number of carbonyl (C=O) groups is 3. The molecule has 2 fully saturated rings. The maximum Gasteiger partial charge on any atom is 0.258 e. The van der Waals surface area contributed by atoms with Gasteiger partial charge in [-0.1, -0.05) is 12.1 Å². The van der Waals surface area contributed by atoms with Crippen molar-refractivity contribution >= 4 is 17.7 Å². The van der Waals surface area contributed by atoms with Gasteiger partial charge < -0.3 is 25.0 Å². The Bertz CT molecular complexity index is 777. The highest BCUT2D eigenvalue weighted by atomic mass is 16.5. The average Bonchev–Trinajstić information content (AvgIpc) is 3.17. The van der Waals surface area contributed by atoms with Crippen LogP contribution in [-0.2, 0) is 14.3 Å². The van der Waals surface area contributed by atoms with Crippen molar-refractivity contribution in [3.8, 4) is 5.75 Å². The van der Waals surface area contributed by atoms with Gasteiger partial charge in [-0.2, -0.15) is 0 Å². The first-order chi connectivity index (χ1) is 13.5. The van der Waals surface area contributed by atoms with Crippen LogP contribution >= 0.6 is 0 Å². The number of fused-ring (bicyclic) bond motifs is 1. The second-order valence-corrected chi connectivity index (χ2v) is 7.55. The molecule has 2 unspecified atom stereocenters. The van der Waals surface area contributed by atoms with Gasteiger partial charge in [0.1, 0.15) is 5.75 Å². The van der Waals surface area contributed by atoms with E-state index in [1.807, 2.05) is 6.07 Å². The van der Waals surface area contributed by atoms with Crippen LogP contribution < -0.4 is 15.4 Å². The summed E-state index contributed by atoms with van der Waals surface area (Å²) in [6, 6.07) is 7.08. The number of hydrogen-bond acceptors (Lipinski definition) is 5. The molecular weight excluding hydrogens is 362 g/mol. The summed E-state index contributed by atoms with van der Waals surface area (Å²) in [5, 5.41) is 5.77. The molecule has 1 aromatic carbocycles. The summed E-state index contributed by atoms with van der Waals surface area (Å²) < 4.78 is 11.6. The van der Waals surface area contributed by atoms with E-state index in [0.717, 1.165) is 19.4 Å². The molecule has 0 bridgehead atoms. The normalized spacial score (nSPS) is 27.0. The highest BCUT2D eigenvalue weighted by Crippen LogP contribution is 2.33. The summed E-state index contributed by atoms with van der Waals surface area (Å²) in [7, 11) is 0. The summed E-state index contributed by atoms with van der Waals surface area (Å²) in [5.74, 6) is 0.0260. The Balaban J connectivity index is 1.36. The van der Waals surface area contributed by atoms with Gasteiger partial charge in [0.2, 0.25) is 11.8 Å². The van der Waals surface area contributed by atoms with Crippen molar-refractivity contribution in [3.05, 3.63) is 29.8 Å². The highest BCUT2D eigenvalue weighted by Gasteiger charge is 2.42. The number of ether oxygens (including phenoxy) is 2. The minimum Gasteiger partial charge on any atom is -0.467 e. The Morgan fingerprint density at radius 2 is 2.14 bits per heavy atom. The van der Waals surface area contributed by atoms with E-state index >= 15 is 0 Å². The molecule has 2 N–H and O–H groups in total. The molecule has 1 spiro atoms. The predicted octanol–water partition coefficient (Wildman–Crippen LogP) is 0.813. The summed E-state index contributed by atoms with van der Waals surface area (Å²) in [5.41, 5.74) is -0.418. The number of nitrogens with zero attached hydrogens (tertiary/aromatic N) is 1. The third-order valence-electron chi connectivity index (χ3n) is 5.54. The molecule has 3 amide bonds. The van der Waals surface area contributed by atoms with Gasteiger partial charge >= 0.3 is 0 Å². The standard InChI is InChI=1S/C20H25N3O5/c24-17(21-12-14-4-3-11-27-14)13-23-10-9-20(8-7-18(23)25)22-19(26)15-5-1-2-6-16(15)28-20/h1-2,5-6,14H,3-4,7-13H2,(H,21,24)(H,22,26). The van der Waals surface area contributed by atoms with Gasteiger partial charge in [-0.25, -0.2) is 0 Å². The third-order valence-corrected chi connectivity index (χ3v) is 5.54. The van der Waals surface area contributed by atoms with Crippen molar-refractivity contribution < 1.29 is 23.9 Å². The molecule has 3 aliphatic rings. The molecule has 0 radical (unpaired) electrons. The smallest absolute Gasteiger partial charge is 0.258 e. The maximum absolute atomic E-state index is 12.5. The topological polar surface area (TPSA) is 97.0 Å². The molecule has 2 atom stereocenters. The number of rotatable bonds is 4. The first kappa shape index (κ1) is 18.7. The summed E-state index contributed by atoms with van der Waals surface area (Å²) in [4.78, 5) is 38.8. The van der Waals surface area contributed by atoms with E-state index in [2.05, 4.69) is 10.6 Å². The lowest BCUT2D eigenvalue weighted by atomic mass is 10.0. The Morgan fingerprint density at radius 1 is 1.29 bits per heavy atom. The lowest BCUT2D eigenvalue weighted by Gasteiger charge is -2.38. The fraction of sp³-hybridized carbons (Fsp3) is 0.550. The number of likely N-dealkylation sites (tertiary alicyclic amines) is 1. The molecule has 150 valence electrons. The minimum absolute atomic E-state index is 0.00612. The minimum atomic E-state index is -0.913. The van der Waals surface area contributed by atoms with Crippen LogP contribution in [0, 0.1) is 0 Å². The van der Waals surface area contributed by atoms with Gasteiger partial charge in [-0.05, 0) is 25.0 Å². The fourth-order valence-corrected chi connectivity index (χ4v) is 3.94. The summed E-state index contributed by atoms with van der Waals surface area (Å²) >= 11 is 0. The summed E-state index contributed by atoms with van der Waals surface area (Å²) in [6.07, 6.45) is 3.05. The lowest BCUT2D eigenvalue weighted by Crippen LogP contribution is -2.56. The number of amides is 3. The third kappa shape index (κ3) is 3.96. The zero-order valence-electron chi connectivity index (χ0n) is 15.7. The van der Waals surface area contributed by atoms with Crippen molar-refractivity contribution in [1.29, 1.82) is 0 Å². The molecule has 1 aromatic rings. The van der Waals surface area contributed by atoms with Crippen molar-refractivity contribution in [2.75, 3.05) is 26.2 Å². The number of hydrogen-bond donors (Lipinski definition) is 2. The van der Waals surface area contributed by atoms with Crippen LogP contribution in [0.15, 0.2) is 24.3 Å². The molecule has 0 aliphatic carbocycles. The van der Waals surface area contributed by atoms with E-state index in [0.29, 0.717) is 37.2 Å². The SMILES string of the molecule is O=C(CN1CCC2(CCC1=O)NC(=O)c1ccccc1O2)NCC1CCCO1. The molecule has 2 saturated heterocycles. The molecule has 0 saturated carbocycles. The van der Waals surface area contributed by atoms with Crippen LogP contribution in [0.3, 0.4) is 0 Å². The van der Waals surface area contributed by atoms with Crippen molar-refractivity contribution in [2.24, 2.45) is 0 Å². The molecule has 4 rings (SSSR count). The molecule has 8 nitrogen and oxygen atoms in total. The van der Waals surface area contributed by atoms with Gasteiger partial charge in [0.15, 0.2) is 5.72 Å². The molecular formula is C20H25N3O5. The lowest BCUT2D eigenvalue weighted by molar-refractivity contribution is -0.135. The largest absolute Gasteiger partial charge is 0.467 e. The van der Waals surface area contributed by atoms with Crippen LogP contribution in [0.4, 0.5) is 0 Å². The van der Waals surface area contributed by atoms with Crippen molar-refractivity contribution in [2.45, 2.75) is 43.9 Å². The second kappa shape index (κ2) is 7.79. The number of para-hydroxylation sites is 1. The number of benzene rings is 1. The molecule has 28 heavy (non-hydrogen) atoms. The predicted molar refractivity (Wildman–Crippen MR) is 99.7 cm³/mol. The van der Waals surface area contributed by atoms with Crippen molar-refractivity contribution in [1.82, 2.24) is 15.5 Å². The molecule has 3 heterocycles. The van der Waals surface area contributed by atoms with Crippen LogP contribution in [0.5, 0.6) is 5.75 Å². The van der Waals surface area contributed by atoms with E-state index in [9.17, 15) is 14.4 Å². The van der Waals surface area contributed by atoms with Gasteiger partial charge in [-0.3, -0.25) is 14.4 Å². The first-order valence-corrected chi connectivity index (χ1v) is 9.81. The molecule has 0 aromatic heterocycles. The zero-order valence-corrected chi connectivity index (χ0v) is 15.7. The fourth-order valence-electron chi connectivity index (χ4n) is 3.94. The van der Waals surface area contributed by atoms with Crippen molar-refractivity contribution in [3.63, 3.8) is 0 Å². The Hall–Kier alpha value is -2.61. The van der Waals surface area contributed by atoms with E-state index in [1.54, 1.807) is 18.2 Å². The van der Waals surface area contributed by atoms with E-state index < -0.39 is 5.72 Å². The monoisotopic (exact) mass is 387 g/mol.